The van der Waals surface area contributed by atoms with Crippen LogP contribution in [-0.4, -0.2) is 34.2 Å². The van der Waals surface area contributed by atoms with E-state index in [1.807, 2.05) is 61.5 Å². The van der Waals surface area contributed by atoms with E-state index >= 15 is 0 Å². The predicted octanol–water partition coefficient (Wildman–Crippen LogP) is 5.91. The van der Waals surface area contributed by atoms with Crippen LogP contribution in [0.4, 0.5) is 0 Å². The van der Waals surface area contributed by atoms with Crippen LogP contribution in [-0.2, 0) is 19.1 Å². The fourth-order valence-corrected chi connectivity index (χ4v) is 6.43. The van der Waals surface area contributed by atoms with Gasteiger partial charge >= 0.3 is 0 Å². The molecule has 0 aromatic rings. The minimum atomic E-state index is -1.50. The lowest BCUT2D eigenvalue weighted by atomic mass is 9.39. The highest BCUT2D eigenvalue weighted by atomic mass is 16.5. The maximum atomic E-state index is 14.8. The van der Waals surface area contributed by atoms with Crippen molar-refractivity contribution >= 4 is 17.3 Å². The van der Waals surface area contributed by atoms with Gasteiger partial charge in [-0.05, 0) is 72.1 Å². The molecule has 35 heavy (non-hydrogen) atoms. The molecule has 1 heterocycles. The number of hydrogen-bond donors (Lipinski definition) is 1. The zero-order chi connectivity index (χ0) is 26.7. The van der Waals surface area contributed by atoms with E-state index in [0.717, 1.165) is 11.1 Å². The molecule has 0 aromatic carbocycles. The Morgan fingerprint density at radius 3 is 2.17 bits per heavy atom. The van der Waals surface area contributed by atoms with Gasteiger partial charge < -0.3 is 9.84 Å². The van der Waals surface area contributed by atoms with Gasteiger partial charge in [-0.3, -0.25) is 14.4 Å². The summed E-state index contributed by atoms with van der Waals surface area (Å²) in [6, 6.07) is 0. The summed E-state index contributed by atoms with van der Waals surface area (Å²) in [4.78, 5) is 43.3. The number of aliphatic hydroxyl groups is 1. The van der Waals surface area contributed by atoms with Crippen LogP contribution >= 0.6 is 0 Å². The lowest BCUT2D eigenvalue weighted by Gasteiger charge is -2.60. The fourth-order valence-electron chi connectivity index (χ4n) is 6.43. The SMILES string of the molecule is CC(C)=CC[C@H]1C[C@@]2(C(=O)C(C)C)C(=O)[C@](CC=C(C)C)(C(=O)C3=C2O[C@@H](C(C)(C)O)C3)C1(C)C. The van der Waals surface area contributed by atoms with Gasteiger partial charge in [0.15, 0.2) is 17.3 Å². The topological polar surface area (TPSA) is 80.7 Å². The Kier molecular flexibility index (Phi) is 6.96. The van der Waals surface area contributed by atoms with Crippen LogP contribution in [0.5, 0.6) is 0 Å². The molecule has 1 fully saturated rings. The van der Waals surface area contributed by atoms with Gasteiger partial charge in [-0.2, -0.15) is 0 Å². The summed E-state index contributed by atoms with van der Waals surface area (Å²) in [5.41, 5.74) is -2.13. The third-order valence-corrected chi connectivity index (χ3v) is 8.78. The molecule has 3 aliphatic rings. The number of rotatable bonds is 7. The molecular weight excluding hydrogens is 440 g/mol. The zero-order valence-electron chi connectivity index (χ0n) is 23.3. The standard InChI is InChI=1S/C30H44O5/c1-17(2)11-12-20-16-29(23(31)19(5)6)25-21(15-22(35-25)28(9,10)34)24(32)30(26(29)33,27(20,7)8)14-13-18(3)4/h11,13,19-20,22,34H,12,14-16H2,1-10H3/t20-,22+,29-,30-/m0/s1. The van der Waals surface area contributed by atoms with Crippen LogP contribution in [0.1, 0.15) is 94.9 Å². The number of carbonyl (C=O) groups excluding carboxylic acids is 3. The van der Waals surface area contributed by atoms with Gasteiger partial charge in [-0.15, -0.1) is 0 Å². The summed E-state index contributed by atoms with van der Waals surface area (Å²) < 4.78 is 6.28. The molecule has 2 bridgehead atoms. The molecule has 1 aliphatic heterocycles. The first-order valence-electron chi connectivity index (χ1n) is 13.0. The predicted molar refractivity (Wildman–Crippen MR) is 138 cm³/mol. The second-order valence-corrected chi connectivity index (χ2v) is 12.9. The Labute approximate surface area is 211 Å². The normalized spacial score (nSPS) is 31.8. The molecule has 0 unspecified atom stereocenters. The van der Waals surface area contributed by atoms with E-state index in [0.29, 0.717) is 18.4 Å². The number of fused-ring (bicyclic) bond motifs is 3. The molecular formula is C30H44O5. The van der Waals surface area contributed by atoms with Crippen LogP contribution in [0.3, 0.4) is 0 Å². The lowest BCUT2D eigenvalue weighted by Crippen LogP contribution is -2.68. The van der Waals surface area contributed by atoms with Gasteiger partial charge in [-0.25, -0.2) is 0 Å². The quantitative estimate of drug-likeness (QED) is 0.359. The maximum absolute atomic E-state index is 14.8. The summed E-state index contributed by atoms with van der Waals surface area (Å²) in [5.74, 6) is -0.967. The number of ether oxygens (including phenoxy) is 1. The van der Waals surface area contributed by atoms with Gasteiger partial charge in [0, 0.05) is 17.9 Å². The number of ketones is 3. The Balaban J connectivity index is 2.39. The lowest BCUT2D eigenvalue weighted by molar-refractivity contribution is -0.176. The molecule has 0 amide bonds. The minimum Gasteiger partial charge on any atom is -0.489 e. The number of allylic oxidation sites excluding steroid dienone is 5. The molecule has 1 saturated carbocycles. The van der Waals surface area contributed by atoms with Crippen LogP contribution in [0.2, 0.25) is 0 Å². The summed E-state index contributed by atoms with van der Waals surface area (Å²) in [6.45, 7) is 19.0. The summed E-state index contributed by atoms with van der Waals surface area (Å²) in [5, 5.41) is 10.8. The van der Waals surface area contributed by atoms with Crippen LogP contribution in [0.25, 0.3) is 0 Å². The Hall–Kier alpha value is -2.01. The molecule has 3 rings (SSSR count). The van der Waals surface area contributed by atoms with Crippen molar-refractivity contribution in [2.24, 2.45) is 28.1 Å². The van der Waals surface area contributed by atoms with Crippen molar-refractivity contribution in [1.82, 2.24) is 0 Å². The van der Waals surface area contributed by atoms with Crippen molar-refractivity contribution in [3.8, 4) is 0 Å². The van der Waals surface area contributed by atoms with E-state index in [2.05, 4.69) is 6.08 Å². The van der Waals surface area contributed by atoms with Crippen molar-refractivity contribution in [3.63, 3.8) is 0 Å². The average molecular weight is 485 g/mol. The maximum Gasteiger partial charge on any atom is 0.176 e. The molecule has 0 aromatic heterocycles. The Bertz CT molecular complexity index is 1020. The molecule has 1 N–H and O–H groups in total. The first-order chi connectivity index (χ1) is 15.9. The summed E-state index contributed by atoms with van der Waals surface area (Å²) in [6.07, 6.45) is 4.92. The summed E-state index contributed by atoms with van der Waals surface area (Å²) in [7, 11) is 0. The van der Waals surface area contributed by atoms with E-state index in [-0.39, 0.29) is 41.9 Å². The monoisotopic (exact) mass is 484 g/mol. The third kappa shape index (κ3) is 3.98. The summed E-state index contributed by atoms with van der Waals surface area (Å²) >= 11 is 0. The van der Waals surface area contributed by atoms with Crippen molar-refractivity contribution < 1.29 is 24.2 Å². The van der Waals surface area contributed by atoms with Crippen molar-refractivity contribution in [1.29, 1.82) is 0 Å². The fraction of sp³-hybridized carbons (Fsp3) is 0.700. The molecule has 2 aliphatic carbocycles. The highest BCUT2D eigenvalue weighted by Gasteiger charge is 2.75. The van der Waals surface area contributed by atoms with E-state index in [1.165, 1.54) is 0 Å². The second kappa shape index (κ2) is 8.83. The first kappa shape index (κ1) is 27.6. The van der Waals surface area contributed by atoms with Crippen LogP contribution in [0.15, 0.2) is 34.6 Å². The van der Waals surface area contributed by atoms with Crippen molar-refractivity contribution in [2.45, 2.75) is 107 Å². The number of Topliss-reactive ketones (excluding diaryl/α,β-unsaturated/α-hetero) is 3. The number of hydrogen-bond acceptors (Lipinski definition) is 5. The Morgan fingerprint density at radius 1 is 1.11 bits per heavy atom. The van der Waals surface area contributed by atoms with Gasteiger partial charge in [0.25, 0.3) is 0 Å². The minimum absolute atomic E-state index is 0.0776. The van der Waals surface area contributed by atoms with E-state index in [1.54, 1.807) is 13.8 Å². The van der Waals surface area contributed by atoms with Gasteiger partial charge in [-0.1, -0.05) is 51.0 Å². The third-order valence-electron chi connectivity index (χ3n) is 8.78. The van der Waals surface area contributed by atoms with E-state index in [9.17, 15) is 19.5 Å². The molecule has 0 radical (unpaired) electrons. The van der Waals surface area contributed by atoms with Crippen molar-refractivity contribution in [3.05, 3.63) is 34.6 Å². The highest BCUT2D eigenvalue weighted by Crippen LogP contribution is 2.67. The zero-order valence-corrected chi connectivity index (χ0v) is 23.3. The molecule has 194 valence electrons. The molecule has 5 nitrogen and oxygen atoms in total. The molecule has 0 spiro atoms. The Morgan fingerprint density at radius 2 is 1.69 bits per heavy atom. The van der Waals surface area contributed by atoms with Gasteiger partial charge in [0.2, 0.25) is 0 Å². The molecule has 5 heteroatoms. The highest BCUT2D eigenvalue weighted by molar-refractivity contribution is 6.27. The average Bonchev–Trinajstić information content (AvgIpc) is 3.18. The van der Waals surface area contributed by atoms with Crippen LogP contribution in [0, 0.1) is 28.1 Å². The molecule has 0 saturated heterocycles. The smallest absolute Gasteiger partial charge is 0.176 e. The number of carbonyl (C=O) groups is 3. The first-order valence-corrected chi connectivity index (χ1v) is 13.0. The van der Waals surface area contributed by atoms with Gasteiger partial charge in [0.1, 0.15) is 22.7 Å². The van der Waals surface area contributed by atoms with Crippen LogP contribution < -0.4 is 0 Å². The van der Waals surface area contributed by atoms with E-state index in [4.69, 9.17) is 4.74 Å². The van der Waals surface area contributed by atoms with E-state index < -0.39 is 33.9 Å². The largest absolute Gasteiger partial charge is 0.489 e. The van der Waals surface area contributed by atoms with Crippen molar-refractivity contribution in [2.75, 3.05) is 0 Å². The molecule has 4 atom stereocenters. The van der Waals surface area contributed by atoms with Gasteiger partial charge in [0.05, 0.1) is 5.60 Å². The second-order valence-electron chi connectivity index (χ2n) is 12.9.